The van der Waals surface area contributed by atoms with Crippen LogP contribution in [0.15, 0.2) is 0 Å². The van der Waals surface area contributed by atoms with Crippen LogP contribution in [0.4, 0.5) is 0 Å². The molecule has 6 heteroatoms. The second kappa shape index (κ2) is 33.3. The fourth-order valence-corrected chi connectivity index (χ4v) is 6.01. The summed E-state index contributed by atoms with van der Waals surface area (Å²) in [4.78, 5) is 39.2. The molecule has 0 aromatic rings. The first-order valence-corrected chi connectivity index (χ1v) is 20.0. The highest BCUT2D eigenvalue weighted by Gasteiger charge is 2.25. The van der Waals surface area contributed by atoms with Gasteiger partial charge in [-0.1, -0.05) is 163 Å². The fraction of sp³-hybridized carbons (Fsp3) is 0.925. The van der Waals surface area contributed by atoms with Crippen molar-refractivity contribution in [2.75, 3.05) is 13.2 Å². The van der Waals surface area contributed by atoms with Crippen LogP contribution in [0.3, 0.4) is 0 Å². The van der Waals surface area contributed by atoms with Gasteiger partial charge in [0.25, 0.3) is 0 Å². The van der Waals surface area contributed by atoms with Crippen LogP contribution in [0, 0.1) is 11.8 Å². The van der Waals surface area contributed by atoms with Gasteiger partial charge in [0.1, 0.15) is 12.7 Å². The Morgan fingerprint density at radius 2 is 0.826 bits per heavy atom. The van der Waals surface area contributed by atoms with Crippen molar-refractivity contribution in [3.63, 3.8) is 0 Å². The van der Waals surface area contributed by atoms with Crippen LogP contribution in [-0.4, -0.2) is 37.2 Å². The Balaban J connectivity index is 5.30. The van der Waals surface area contributed by atoms with E-state index in [9.17, 15) is 14.4 Å². The maximum absolute atomic E-state index is 13.5. The number of hydrogen-bond donors (Lipinski definition) is 0. The molecule has 0 aromatic heterocycles. The van der Waals surface area contributed by atoms with Gasteiger partial charge in [0.05, 0.1) is 18.4 Å². The molecule has 0 spiro atoms. The Morgan fingerprint density at radius 1 is 0.435 bits per heavy atom. The number of carbonyl (C=O) groups excluding carboxylic acids is 3. The summed E-state index contributed by atoms with van der Waals surface area (Å²) >= 11 is 0. The Kier molecular flexibility index (Phi) is 32.2. The molecule has 0 fully saturated rings. The van der Waals surface area contributed by atoms with Crippen LogP contribution in [-0.2, 0) is 28.6 Å². The standard InChI is InChI=1S/C40H76O6/c1-6-11-16-21-26-31-38(41)45-34-37(46-40(43)36(29-24-19-14-9-4)30-25-20-15-10-5)32-33-44-39(42)35(27-22-17-12-7-2)28-23-18-13-8-3/h35-37H,6-34H2,1-5H3. The van der Waals surface area contributed by atoms with Crippen molar-refractivity contribution in [3.05, 3.63) is 0 Å². The van der Waals surface area contributed by atoms with E-state index in [4.69, 9.17) is 14.2 Å². The van der Waals surface area contributed by atoms with Crippen LogP contribution >= 0.6 is 0 Å². The van der Waals surface area contributed by atoms with Crippen molar-refractivity contribution in [1.29, 1.82) is 0 Å². The van der Waals surface area contributed by atoms with E-state index in [-0.39, 0.29) is 43.0 Å². The SMILES string of the molecule is CCCCCCCC(=O)OCC(CCOC(=O)C(CCCCCC)CCCCCC)OC(=O)C(CCCCCC)CCCCCC. The fourth-order valence-electron chi connectivity index (χ4n) is 6.01. The molecule has 0 radical (unpaired) electrons. The van der Waals surface area contributed by atoms with E-state index in [1.807, 2.05) is 0 Å². The molecule has 0 bridgehead atoms. The first-order chi connectivity index (χ1) is 22.4. The molecule has 0 aliphatic heterocycles. The number of carbonyl (C=O) groups is 3. The van der Waals surface area contributed by atoms with Crippen LogP contribution in [0.5, 0.6) is 0 Å². The zero-order chi connectivity index (χ0) is 34.1. The Hall–Kier alpha value is -1.59. The number of ether oxygens (including phenoxy) is 3. The normalized spacial score (nSPS) is 12.1. The van der Waals surface area contributed by atoms with Gasteiger partial charge in [0.2, 0.25) is 0 Å². The summed E-state index contributed by atoms with van der Waals surface area (Å²) in [6.07, 6.45) is 27.0. The molecule has 0 saturated heterocycles. The highest BCUT2D eigenvalue weighted by Crippen LogP contribution is 2.23. The highest BCUT2D eigenvalue weighted by atomic mass is 16.6. The smallest absolute Gasteiger partial charge is 0.309 e. The van der Waals surface area contributed by atoms with E-state index in [0.29, 0.717) is 12.8 Å². The zero-order valence-electron chi connectivity index (χ0n) is 31.2. The Bertz CT molecular complexity index is 684. The minimum absolute atomic E-state index is 0.0208. The third kappa shape index (κ3) is 26.5. The predicted octanol–water partition coefficient (Wildman–Crippen LogP) is 11.8. The molecule has 0 saturated carbocycles. The van der Waals surface area contributed by atoms with Crippen molar-refractivity contribution >= 4 is 17.9 Å². The summed E-state index contributed by atoms with van der Waals surface area (Å²) in [5.74, 6) is -0.777. The largest absolute Gasteiger partial charge is 0.465 e. The summed E-state index contributed by atoms with van der Waals surface area (Å²) < 4.78 is 17.5. The molecule has 0 aliphatic rings. The van der Waals surface area contributed by atoms with Gasteiger partial charge in [0, 0.05) is 12.8 Å². The molecule has 0 amide bonds. The monoisotopic (exact) mass is 653 g/mol. The lowest BCUT2D eigenvalue weighted by molar-refractivity contribution is -0.165. The topological polar surface area (TPSA) is 78.9 Å². The quantitative estimate of drug-likeness (QED) is 0.0391. The Morgan fingerprint density at radius 3 is 1.26 bits per heavy atom. The predicted molar refractivity (Wildman–Crippen MR) is 192 cm³/mol. The number of rotatable bonds is 34. The third-order valence-corrected chi connectivity index (χ3v) is 9.17. The second-order valence-corrected chi connectivity index (χ2v) is 13.7. The molecule has 272 valence electrons. The molecule has 0 aliphatic carbocycles. The summed E-state index contributed by atoms with van der Waals surface area (Å²) in [7, 11) is 0. The number of hydrogen-bond acceptors (Lipinski definition) is 6. The average molecular weight is 653 g/mol. The molecule has 0 aromatic carbocycles. The molecule has 0 N–H and O–H groups in total. The molecular weight excluding hydrogens is 576 g/mol. The summed E-state index contributed by atoms with van der Waals surface area (Å²) in [6, 6.07) is 0. The van der Waals surface area contributed by atoms with Crippen LogP contribution < -0.4 is 0 Å². The minimum atomic E-state index is -0.606. The lowest BCUT2D eigenvalue weighted by Gasteiger charge is -2.23. The summed E-state index contributed by atoms with van der Waals surface area (Å²) in [6.45, 7) is 11.2. The van der Waals surface area contributed by atoms with Gasteiger partial charge in [-0.25, -0.2) is 0 Å². The Labute approximate surface area is 285 Å². The van der Waals surface area contributed by atoms with Crippen molar-refractivity contribution in [2.24, 2.45) is 11.8 Å². The van der Waals surface area contributed by atoms with E-state index in [2.05, 4.69) is 34.6 Å². The van der Waals surface area contributed by atoms with Gasteiger partial charge >= 0.3 is 17.9 Å². The number of unbranched alkanes of at least 4 members (excludes halogenated alkanes) is 16. The van der Waals surface area contributed by atoms with Crippen molar-refractivity contribution in [3.8, 4) is 0 Å². The first kappa shape index (κ1) is 44.4. The molecule has 1 atom stereocenters. The second-order valence-electron chi connectivity index (χ2n) is 13.7. The van der Waals surface area contributed by atoms with Gasteiger partial charge in [-0.15, -0.1) is 0 Å². The van der Waals surface area contributed by atoms with E-state index in [0.717, 1.165) is 109 Å². The van der Waals surface area contributed by atoms with Crippen LogP contribution in [0.1, 0.15) is 208 Å². The van der Waals surface area contributed by atoms with E-state index < -0.39 is 6.10 Å². The molecule has 0 rings (SSSR count). The zero-order valence-corrected chi connectivity index (χ0v) is 31.2. The summed E-state index contributed by atoms with van der Waals surface area (Å²) in [5, 5.41) is 0. The third-order valence-electron chi connectivity index (χ3n) is 9.17. The van der Waals surface area contributed by atoms with Gasteiger partial charge in [-0.2, -0.15) is 0 Å². The molecular formula is C40H76O6. The van der Waals surface area contributed by atoms with Gasteiger partial charge in [-0.05, 0) is 32.1 Å². The number of esters is 3. The molecule has 1 unspecified atom stereocenters. The average Bonchev–Trinajstić information content (AvgIpc) is 3.05. The van der Waals surface area contributed by atoms with Crippen LogP contribution in [0.2, 0.25) is 0 Å². The van der Waals surface area contributed by atoms with Gasteiger partial charge in [-0.3, -0.25) is 14.4 Å². The molecule has 0 heterocycles. The van der Waals surface area contributed by atoms with E-state index >= 15 is 0 Å². The maximum atomic E-state index is 13.5. The van der Waals surface area contributed by atoms with Crippen molar-refractivity contribution in [1.82, 2.24) is 0 Å². The highest BCUT2D eigenvalue weighted by molar-refractivity contribution is 5.73. The van der Waals surface area contributed by atoms with Crippen molar-refractivity contribution in [2.45, 2.75) is 214 Å². The lowest BCUT2D eigenvalue weighted by atomic mass is 9.94. The van der Waals surface area contributed by atoms with Crippen LogP contribution in [0.25, 0.3) is 0 Å². The van der Waals surface area contributed by atoms with Gasteiger partial charge in [0.15, 0.2) is 0 Å². The van der Waals surface area contributed by atoms with Crippen molar-refractivity contribution < 1.29 is 28.6 Å². The summed E-state index contributed by atoms with van der Waals surface area (Å²) in [5.41, 5.74) is 0. The molecule has 6 nitrogen and oxygen atoms in total. The minimum Gasteiger partial charge on any atom is -0.465 e. The first-order valence-electron chi connectivity index (χ1n) is 20.0. The van der Waals surface area contributed by atoms with E-state index in [1.165, 1.54) is 51.4 Å². The maximum Gasteiger partial charge on any atom is 0.309 e. The molecule has 46 heavy (non-hydrogen) atoms. The lowest BCUT2D eigenvalue weighted by Crippen LogP contribution is -2.31. The van der Waals surface area contributed by atoms with E-state index in [1.54, 1.807) is 0 Å². The van der Waals surface area contributed by atoms with Gasteiger partial charge < -0.3 is 14.2 Å².